The number of hydrogen-bond donors (Lipinski definition) is 0. The van der Waals surface area contributed by atoms with Gasteiger partial charge in [-0.25, -0.2) is 4.98 Å². The Balaban J connectivity index is 0.000000963. The summed E-state index contributed by atoms with van der Waals surface area (Å²) in [5.74, 6) is 0. The molecular formula is C9H4BrN4SW-. The molecule has 0 bridgehead atoms. The van der Waals surface area contributed by atoms with Gasteiger partial charge in [-0.3, -0.25) is 10.2 Å². The summed E-state index contributed by atoms with van der Waals surface area (Å²) in [4.78, 5) is 4.28. The SMILES string of the molecule is Brc1ccc2ncc(-c3nn[c-]s3)n2c1.[W]. The predicted molar refractivity (Wildman–Crippen MR) is 60.6 cm³/mol. The maximum Gasteiger partial charge on any atom is 0.135 e. The van der Waals surface area contributed by atoms with Gasteiger partial charge in [-0.2, -0.15) is 0 Å². The molecule has 3 aromatic rings. The van der Waals surface area contributed by atoms with Gasteiger partial charge in [0.05, 0.1) is 0 Å². The molecule has 0 saturated heterocycles. The van der Waals surface area contributed by atoms with Crippen LogP contribution in [0.4, 0.5) is 0 Å². The molecule has 4 nitrogen and oxygen atoms in total. The molecule has 7 heteroatoms. The first kappa shape index (κ1) is 11.9. The number of aromatic nitrogens is 4. The topological polar surface area (TPSA) is 43.1 Å². The third kappa shape index (κ3) is 1.97. The minimum absolute atomic E-state index is 0. The zero-order chi connectivity index (χ0) is 10.3. The van der Waals surface area contributed by atoms with Gasteiger partial charge in [-0.15, -0.1) is 0 Å². The number of nitrogens with zero attached hydrogens (tertiary/aromatic N) is 4. The van der Waals surface area contributed by atoms with Gasteiger partial charge >= 0.3 is 0 Å². The molecule has 0 unspecified atom stereocenters. The number of fused-ring (bicyclic) bond motifs is 1. The van der Waals surface area contributed by atoms with E-state index in [0.29, 0.717) is 0 Å². The molecule has 80 valence electrons. The Morgan fingerprint density at radius 2 is 2.25 bits per heavy atom. The van der Waals surface area contributed by atoms with E-state index in [-0.39, 0.29) is 21.1 Å². The average molecular weight is 464 g/mol. The molecule has 0 fully saturated rings. The molecule has 0 aliphatic carbocycles. The maximum absolute atomic E-state index is 4.28. The Labute approximate surface area is 118 Å². The van der Waals surface area contributed by atoms with Crippen molar-refractivity contribution in [3.63, 3.8) is 0 Å². The van der Waals surface area contributed by atoms with E-state index >= 15 is 0 Å². The molecule has 0 aliphatic rings. The largest absolute Gasteiger partial charge is 0.314 e. The third-order valence-electron chi connectivity index (χ3n) is 2.01. The summed E-state index contributed by atoms with van der Waals surface area (Å²) in [6, 6.07) is 3.90. The van der Waals surface area contributed by atoms with Crippen molar-refractivity contribution in [2.24, 2.45) is 0 Å². The van der Waals surface area contributed by atoms with E-state index in [2.05, 4.69) is 36.6 Å². The molecule has 3 aromatic heterocycles. The summed E-state index contributed by atoms with van der Waals surface area (Å²) < 4.78 is 2.97. The van der Waals surface area contributed by atoms with Crippen molar-refractivity contribution in [2.75, 3.05) is 0 Å². The van der Waals surface area contributed by atoms with Crippen LogP contribution in [0.3, 0.4) is 0 Å². The molecule has 0 spiro atoms. The van der Waals surface area contributed by atoms with Crippen LogP contribution >= 0.6 is 27.3 Å². The Hall–Kier alpha value is -0.582. The Kier molecular flexibility index (Phi) is 3.52. The Morgan fingerprint density at radius 3 is 3.00 bits per heavy atom. The van der Waals surface area contributed by atoms with E-state index in [1.54, 1.807) is 6.20 Å². The second-order valence-corrected chi connectivity index (χ2v) is 4.61. The number of rotatable bonds is 1. The van der Waals surface area contributed by atoms with Gasteiger partial charge < -0.3 is 15.7 Å². The molecule has 3 rings (SSSR count). The number of pyridine rings is 1. The van der Waals surface area contributed by atoms with Gasteiger partial charge in [0.2, 0.25) is 0 Å². The van der Waals surface area contributed by atoms with E-state index in [0.717, 1.165) is 20.8 Å². The summed E-state index contributed by atoms with van der Waals surface area (Å²) >= 11 is 4.80. The second kappa shape index (κ2) is 4.73. The van der Waals surface area contributed by atoms with Crippen molar-refractivity contribution in [3.8, 4) is 10.7 Å². The van der Waals surface area contributed by atoms with Gasteiger partial charge in [0.15, 0.2) is 0 Å². The maximum atomic E-state index is 4.28. The number of hydrogen-bond acceptors (Lipinski definition) is 4. The molecular weight excluding hydrogens is 460 g/mol. The van der Waals surface area contributed by atoms with E-state index in [4.69, 9.17) is 0 Å². The van der Waals surface area contributed by atoms with Crippen LogP contribution in [0.1, 0.15) is 0 Å². The fourth-order valence-corrected chi connectivity index (χ4v) is 2.21. The van der Waals surface area contributed by atoms with Gasteiger partial charge in [0.25, 0.3) is 0 Å². The molecule has 0 amide bonds. The van der Waals surface area contributed by atoms with Crippen LogP contribution in [0.2, 0.25) is 0 Å². The van der Waals surface area contributed by atoms with Crippen molar-refractivity contribution < 1.29 is 21.1 Å². The molecule has 0 atom stereocenters. The molecule has 0 saturated carbocycles. The van der Waals surface area contributed by atoms with E-state index < -0.39 is 0 Å². The second-order valence-electron chi connectivity index (χ2n) is 2.92. The van der Waals surface area contributed by atoms with E-state index in [1.807, 2.05) is 22.7 Å². The summed E-state index contributed by atoms with van der Waals surface area (Å²) in [6.45, 7) is 0. The molecule has 0 N–H and O–H groups in total. The fourth-order valence-electron chi connectivity index (χ4n) is 1.37. The van der Waals surface area contributed by atoms with Crippen molar-refractivity contribution in [1.29, 1.82) is 0 Å². The van der Waals surface area contributed by atoms with E-state index in [1.165, 1.54) is 11.3 Å². The zero-order valence-electron chi connectivity index (χ0n) is 7.79. The van der Waals surface area contributed by atoms with E-state index in [9.17, 15) is 0 Å². The van der Waals surface area contributed by atoms with Gasteiger partial charge in [0.1, 0.15) is 5.65 Å². The molecule has 0 aromatic carbocycles. The summed E-state index contributed by atoms with van der Waals surface area (Å²) in [7, 11) is 0. The fraction of sp³-hybridized carbons (Fsp3) is 0. The van der Waals surface area contributed by atoms with Crippen molar-refractivity contribution in [2.45, 2.75) is 0 Å². The van der Waals surface area contributed by atoms with Gasteiger partial charge in [-0.05, 0) is 28.1 Å². The van der Waals surface area contributed by atoms with Crippen LogP contribution in [-0.4, -0.2) is 19.6 Å². The van der Waals surface area contributed by atoms with Gasteiger partial charge in [0, 0.05) is 48.6 Å². The Bertz CT molecular complexity index is 607. The predicted octanol–water partition coefficient (Wildman–Crippen LogP) is 2.41. The molecule has 16 heavy (non-hydrogen) atoms. The summed E-state index contributed by atoms with van der Waals surface area (Å²) in [6.07, 6.45) is 3.75. The van der Waals surface area contributed by atoms with Crippen LogP contribution in [0, 0.1) is 5.51 Å². The smallest absolute Gasteiger partial charge is 0.135 e. The first-order valence-electron chi connectivity index (χ1n) is 4.17. The number of halogens is 1. The zero-order valence-corrected chi connectivity index (χ0v) is 13.1. The van der Waals surface area contributed by atoms with Crippen LogP contribution in [0.15, 0.2) is 29.0 Å². The quantitative estimate of drug-likeness (QED) is 0.520. The van der Waals surface area contributed by atoms with Crippen LogP contribution < -0.4 is 0 Å². The minimum atomic E-state index is 0. The van der Waals surface area contributed by atoms with Crippen molar-refractivity contribution >= 4 is 32.9 Å². The monoisotopic (exact) mass is 463 g/mol. The first-order valence-corrected chi connectivity index (χ1v) is 5.78. The first-order chi connectivity index (χ1) is 7.34. The Morgan fingerprint density at radius 1 is 1.38 bits per heavy atom. The molecule has 3 heterocycles. The molecule has 0 aliphatic heterocycles. The standard InChI is InChI=1S/C9H4BrN4S.W/c10-6-1-2-8-11-3-7(14(8)4-6)9-13-12-5-15-9;/h1-4H;/q-1;. The van der Waals surface area contributed by atoms with Gasteiger partial charge in [-0.1, -0.05) is 5.51 Å². The average Bonchev–Trinajstić information content (AvgIpc) is 2.83. The number of imidazole rings is 1. The molecule has 0 radical (unpaired) electrons. The summed E-state index contributed by atoms with van der Waals surface area (Å²) in [5, 5.41) is 8.49. The normalized spacial score (nSPS) is 10.3. The van der Waals surface area contributed by atoms with Crippen LogP contribution in [0.5, 0.6) is 0 Å². The van der Waals surface area contributed by atoms with Crippen LogP contribution in [-0.2, 0) is 21.1 Å². The van der Waals surface area contributed by atoms with Crippen molar-refractivity contribution in [1.82, 2.24) is 19.6 Å². The minimum Gasteiger partial charge on any atom is -0.314 e. The van der Waals surface area contributed by atoms with Crippen LogP contribution in [0.25, 0.3) is 16.3 Å². The summed E-state index contributed by atoms with van der Waals surface area (Å²) in [5.41, 5.74) is 4.55. The van der Waals surface area contributed by atoms with Crippen molar-refractivity contribution in [3.05, 3.63) is 34.5 Å². The third-order valence-corrected chi connectivity index (χ3v) is 3.14.